The lowest BCUT2D eigenvalue weighted by Gasteiger charge is -2.10. The molecule has 0 unspecified atom stereocenters. The zero-order valence-corrected chi connectivity index (χ0v) is 12.8. The average molecular weight is 315 g/mol. The molecule has 0 spiro atoms. The minimum Gasteiger partial charge on any atom is -0.493 e. The van der Waals surface area contributed by atoms with Gasteiger partial charge in [-0.05, 0) is 12.1 Å². The van der Waals surface area contributed by atoms with Crippen molar-refractivity contribution in [2.75, 3.05) is 19.5 Å². The van der Waals surface area contributed by atoms with Crippen molar-refractivity contribution >= 4 is 33.1 Å². The number of fused-ring (bicyclic) bond motifs is 1. The minimum absolute atomic E-state index is 0.225. The SMILES string of the molecule is COc1ccc(NC(=O)c2csc3cncnc23)cc1OC. The summed E-state index contributed by atoms with van der Waals surface area (Å²) in [6.45, 7) is 0. The number of benzene rings is 1. The molecule has 2 heterocycles. The number of carbonyl (C=O) groups excluding carboxylic acids is 1. The number of thiophene rings is 1. The minimum atomic E-state index is -0.225. The van der Waals surface area contributed by atoms with Gasteiger partial charge in [0.05, 0.1) is 30.0 Å². The van der Waals surface area contributed by atoms with Crippen LogP contribution in [0.1, 0.15) is 10.4 Å². The zero-order valence-electron chi connectivity index (χ0n) is 12.0. The number of methoxy groups -OCH3 is 2. The number of carbonyl (C=O) groups is 1. The molecule has 3 aromatic rings. The Hall–Kier alpha value is -2.67. The second kappa shape index (κ2) is 5.98. The monoisotopic (exact) mass is 315 g/mol. The molecule has 1 amide bonds. The predicted molar refractivity (Wildman–Crippen MR) is 84.9 cm³/mol. The van der Waals surface area contributed by atoms with Crippen molar-refractivity contribution in [1.82, 2.24) is 9.97 Å². The Kier molecular flexibility index (Phi) is 3.88. The first kappa shape index (κ1) is 14.3. The molecular formula is C15H13N3O3S. The molecule has 1 aromatic carbocycles. The molecule has 1 N–H and O–H groups in total. The highest BCUT2D eigenvalue weighted by Crippen LogP contribution is 2.30. The van der Waals surface area contributed by atoms with Crippen LogP contribution in [0.2, 0.25) is 0 Å². The normalized spacial score (nSPS) is 10.5. The molecule has 0 saturated carbocycles. The van der Waals surface area contributed by atoms with Crippen molar-refractivity contribution in [3.63, 3.8) is 0 Å². The molecule has 22 heavy (non-hydrogen) atoms. The third-order valence-electron chi connectivity index (χ3n) is 3.12. The van der Waals surface area contributed by atoms with E-state index >= 15 is 0 Å². The Labute approximate surface area is 130 Å². The number of aromatic nitrogens is 2. The summed E-state index contributed by atoms with van der Waals surface area (Å²) < 4.78 is 11.3. The summed E-state index contributed by atoms with van der Waals surface area (Å²) in [5.74, 6) is 0.934. The number of hydrogen-bond acceptors (Lipinski definition) is 6. The largest absolute Gasteiger partial charge is 0.493 e. The van der Waals surface area contributed by atoms with Crippen LogP contribution in [-0.4, -0.2) is 30.1 Å². The Balaban J connectivity index is 1.88. The first-order valence-electron chi connectivity index (χ1n) is 6.43. The van der Waals surface area contributed by atoms with Crippen LogP contribution in [0, 0.1) is 0 Å². The number of rotatable bonds is 4. The van der Waals surface area contributed by atoms with Crippen molar-refractivity contribution in [3.8, 4) is 11.5 Å². The van der Waals surface area contributed by atoms with Gasteiger partial charge < -0.3 is 14.8 Å². The van der Waals surface area contributed by atoms with E-state index in [1.165, 1.54) is 17.7 Å². The molecule has 0 atom stereocenters. The van der Waals surface area contributed by atoms with Gasteiger partial charge in [0, 0.05) is 23.3 Å². The first-order chi connectivity index (χ1) is 10.7. The molecule has 0 aliphatic carbocycles. The smallest absolute Gasteiger partial charge is 0.258 e. The van der Waals surface area contributed by atoms with E-state index in [2.05, 4.69) is 15.3 Å². The zero-order chi connectivity index (χ0) is 15.5. The summed E-state index contributed by atoms with van der Waals surface area (Å²) in [6.07, 6.45) is 3.13. The number of ether oxygens (including phenoxy) is 2. The standard InChI is InChI=1S/C15H13N3O3S/c1-20-11-4-3-9(5-12(11)21-2)18-15(19)10-7-22-13-6-16-8-17-14(10)13/h3-8H,1-2H3,(H,18,19). The topological polar surface area (TPSA) is 73.3 Å². The third kappa shape index (κ3) is 2.58. The van der Waals surface area contributed by atoms with E-state index in [1.807, 2.05) is 0 Å². The highest BCUT2D eigenvalue weighted by atomic mass is 32.1. The van der Waals surface area contributed by atoms with Crippen molar-refractivity contribution in [2.45, 2.75) is 0 Å². The molecule has 0 aliphatic heterocycles. The molecule has 2 aromatic heterocycles. The van der Waals surface area contributed by atoms with Crippen LogP contribution in [0.15, 0.2) is 36.1 Å². The fraction of sp³-hybridized carbons (Fsp3) is 0.133. The molecular weight excluding hydrogens is 302 g/mol. The number of anilines is 1. The Bertz CT molecular complexity index is 832. The molecule has 0 fully saturated rings. The highest BCUT2D eigenvalue weighted by molar-refractivity contribution is 7.17. The highest BCUT2D eigenvalue weighted by Gasteiger charge is 2.14. The van der Waals surface area contributed by atoms with Gasteiger partial charge >= 0.3 is 0 Å². The van der Waals surface area contributed by atoms with Gasteiger partial charge in [-0.15, -0.1) is 11.3 Å². The van der Waals surface area contributed by atoms with E-state index in [9.17, 15) is 4.79 Å². The van der Waals surface area contributed by atoms with Crippen LogP contribution in [0.3, 0.4) is 0 Å². The number of amides is 1. The van der Waals surface area contributed by atoms with Crippen LogP contribution >= 0.6 is 11.3 Å². The van der Waals surface area contributed by atoms with Crippen molar-refractivity contribution < 1.29 is 14.3 Å². The van der Waals surface area contributed by atoms with Gasteiger partial charge in [0.15, 0.2) is 11.5 Å². The van der Waals surface area contributed by atoms with E-state index in [4.69, 9.17) is 9.47 Å². The van der Waals surface area contributed by atoms with Crippen molar-refractivity contribution in [3.05, 3.63) is 41.7 Å². The average Bonchev–Trinajstić information content (AvgIpc) is 2.98. The number of nitrogens with zero attached hydrogens (tertiary/aromatic N) is 2. The lowest BCUT2D eigenvalue weighted by atomic mass is 10.2. The van der Waals surface area contributed by atoms with Gasteiger partial charge in [-0.3, -0.25) is 4.79 Å². The van der Waals surface area contributed by atoms with Crippen molar-refractivity contribution in [1.29, 1.82) is 0 Å². The molecule has 112 valence electrons. The van der Waals surface area contributed by atoms with E-state index in [-0.39, 0.29) is 5.91 Å². The van der Waals surface area contributed by atoms with E-state index < -0.39 is 0 Å². The summed E-state index contributed by atoms with van der Waals surface area (Å²) in [4.78, 5) is 20.5. The number of hydrogen-bond donors (Lipinski definition) is 1. The van der Waals surface area contributed by atoms with Crippen molar-refractivity contribution in [2.24, 2.45) is 0 Å². The summed E-state index contributed by atoms with van der Waals surface area (Å²) in [7, 11) is 3.11. The molecule has 7 heteroatoms. The van der Waals surface area contributed by atoms with Crippen LogP contribution in [0.25, 0.3) is 10.2 Å². The molecule has 0 saturated heterocycles. The maximum absolute atomic E-state index is 12.4. The lowest BCUT2D eigenvalue weighted by Crippen LogP contribution is -2.11. The molecule has 0 aliphatic rings. The Morgan fingerprint density at radius 1 is 1.23 bits per heavy atom. The van der Waals surface area contributed by atoms with Gasteiger partial charge in [0.2, 0.25) is 0 Å². The second-order valence-corrected chi connectivity index (χ2v) is 5.32. The summed E-state index contributed by atoms with van der Waals surface area (Å²) in [5, 5.41) is 4.61. The van der Waals surface area contributed by atoms with E-state index in [1.54, 1.807) is 44.0 Å². The lowest BCUT2D eigenvalue weighted by molar-refractivity contribution is 0.102. The summed E-state index contributed by atoms with van der Waals surface area (Å²) in [6, 6.07) is 5.20. The summed E-state index contributed by atoms with van der Waals surface area (Å²) >= 11 is 1.44. The second-order valence-electron chi connectivity index (χ2n) is 4.41. The maximum atomic E-state index is 12.4. The van der Waals surface area contributed by atoms with Gasteiger partial charge in [0.25, 0.3) is 5.91 Å². The van der Waals surface area contributed by atoms with E-state index in [0.717, 1.165) is 4.70 Å². The van der Waals surface area contributed by atoms with Crippen LogP contribution in [0.5, 0.6) is 11.5 Å². The quantitative estimate of drug-likeness (QED) is 0.801. The van der Waals surface area contributed by atoms with Gasteiger partial charge in [-0.25, -0.2) is 9.97 Å². The Morgan fingerprint density at radius 3 is 2.82 bits per heavy atom. The molecule has 6 nitrogen and oxygen atoms in total. The van der Waals surface area contributed by atoms with Crippen LogP contribution < -0.4 is 14.8 Å². The fourth-order valence-corrected chi connectivity index (χ4v) is 2.92. The molecule has 3 rings (SSSR count). The van der Waals surface area contributed by atoms with Gasteiger partial charge in [0.1, 0.15) is 6.33 Å². The first-order valence-corrected chi connectivity index (χ1v) is 7.31. The van der Waals surface area contributed by atoms with Crippen LogP contribution in [0.4, 0.5) is 5.69 Å². The van der Waals surface area contributed by atoms with Gasteiger partial charge in [-0.1, -0.05) is 0 Å². The van der Waals surface area contributed by atoms with Crippen LogP contribution in [-0.2, 0) is 0 Å². The maximum Gasteiger partial charge on any atom is 0.258 e. The number of nitrogens with one attached hydrogen (secondary N) is 1. The fourth-order valence-electron chi connectivity index (χ4n) is 2.06. The molecule has 0 bridgehead atoms. The molecule has 0 radical (unpaired) electrons. The Morgan fingerprint density at radius 2 is 2.05 bits per heavy atom. The van der Waals surface area contributed by atoms with E-state index in [0.29, 0.717) is 28.3 Å². The third-order valence-corrected chi connectivity index (χ3v) is 4.03. The predicted octanol–water partition coefficient (Wildman–Crippen LogP) is 2.96. The van der Waals surface area contributed by atoms with Gasteiger partial charge in [-0.2, -0.15) is 0 Å². The summed E-state index contributed by atoms with van der Waals surface area (Å²) in [5.41, 5.74) is 1.80.